The topological polar surface area (TPSA) is 72.7 Å². The van der Waals surface area contributed by atoms with E-state index in [2.05, 4.69) is 0 Å². The van der Waals surface area contributed by atoms with Gasteiger partial charge in [0.25, 0.3) is 11.6 Å². The molecule has 1 rings (SSSR count). The monoisotopic (exact) mass is 286 g/mol. The number of alkyl halides is 1. The second-order valence-electron chi connectivity index (χ2n) is 4.04. The van der Waals surface area contributed by atoms with Gasteiger partial charge in [0.2, 0.25) is 0 Å². The van der Waals surface area contributed by atoms with Crippen LogP contribution >= 0.6 is 11.6 Å². The van der Waals surface area contributed by atoms with Crippen molar-refractivity contribution < 1.29 is 14.5 Å². The molecule has 0 N–H and O–H groups in total. The molecular formula is C12H15ClN2O4. The summed E-state index contributed by atoms with van der Waals surface area (Å²) in [5.41, 5.74) is 0.336. The SMILES string of the molecule is COCC(Cl)CN(C)C(=O)c1ccc([N+](=O)[O-])cc1. The molecule has 0 aliphatic heterocycles. The van der Waals surface area contributed by atoms with Crippen molar-refractivity contribution in [2.75, 3.05) is 27.3 Å². The summed E-state index contributed by atoms with van der Waals surface area (Å²) >= 11 is 5.97. The zero-order valence-corrected chi connectivity index (χ0v) is 11.5. The summed E-state index contributed by atoms with van der Waals surface area (Å²) in [4.78, 5) is 23.5. The fourth-order valence-corrected chi connectivity index (χ4v) is 1.89. The van der Waals surface area contributed by atoms with Crippen LogP contribution in [0.25, 0.3) is 0 Å². The molecule has 0 aliphatic carbocycles. The number of amides is 1. The summed E-state index contributed by atoms with van der Waals surface area (Å²) < 4.78 is 4.89. The van der Waals surface area contributed by atoms with Crippen LogP contribution in [0.15, 0.2) is 24.3 Å². The van der Waals surface area contributed by atoms with Crippen LogP contribution in [-0.2, 0) is 4.74 Å². The van der Waals surface area contributed by atoms with Crippen molar-refractivity contribution in [1.29, 1.82) is 0 Å². The number of nitrogens with zero attached hydrogens (tertiary/aromatic N) is 2. The predicted octanol–water partition coefficient (Wildman–Crippen LogP) is 1.92. The smallest absolute Gasteiger partial charge is 0.269 e. The maximum atomic E-state index is 12.0. The third kappa shape index (κ3) is 4.50. The van der Waals surface area contributed by atoms with Crippen molar-refractivity contribution in [3.05, 3.63) is 39.9 Å². The molecule has 1 unspecified atom stereocenters. The first-order chi connectivity index (χ1) is 8.95. The lowest BCUT2D eigenvalue weighted by molar-refractivity contribution is -0.384. The Bertz CT molecular complexity index is 450. The third-order valence-corrected chi connectivity index (χ3v) is 2.76. The van der Waals surface area contributed by atoms with E-state index in [1.807, 2.05) is 0 Å². The number of methoxy groups -OCH3 is 1. The van der Waals surface area contributed by atoms with Gasteiger partial charge in [-0.05, 0) is 12.1 Å². The van der Waals surface area contributed by atoms with E-state index >= 15 is 0 Å². The van der Waals surface area contributed by atoms with Crippen molar-refractivity contribution in [3.8, 4) is 0 Å². The van der Waals surface area contributed by atoms with Gasteiger partial charge in [0.05, 0.1) is 16.9 Å². The van der Waals surface area contributed by atoms with Crippen LogP contribution in [0.4, 0.5) is 5.69 Å². The molecule has 0 fully saturated rings. The van der Waals surface area contributed by atoms with E-state index in [9.17, 15) is 14.9 Å². The first kappa shape index (κ1) is 15.4. The molecule has 0 saturated heterocycles. The highest BCUT2D eigenvalue weighted by Gasteiger charge is 2.16. The lowest BCUT2D eigenvalue weighted by atomic mass is 10.2. The Morgan fingerprint density at radius 3 is 2.53 bits per heavy atom. The predicted molar refractivity (Wildman–Crippen MR) is 71.6 cm³/mol. The number of benzene rings is 1. The Morgan fingerprint density at radius 1 is 1.47 bits per heavy atom. The normalized spacial score (nSPS) is 11.9. The van der Waals surface area contributed by atoms with E-state index in [0.717, 1.165) is 0 Å². The Hall–Kier alpha value is -1.66. The van der Waals surface area contributed by atoms with Gasteiger partial charge in [-0.25, -0.2) is 0 Å². The number of carbonyl (C=O) groups is 1. The molecule has 0 spiro atoms. The van der Waals surface area contributed by atoms with Gasteiger partial charge in [0.15, 0.2) is 0 Å². The van der Waals surface area contributed by atoms with Crippen LogP contribution in [0.3, 0.4) is 0 Å². The van der Waals surface area contributed by atoms with Crippen molar-refractivity contribution in [2.24, 2.45) is 0 Å². The van der Waals surface area contributed by atoms with Crippen LogP contribution in [0.2, 0.25) is 0 Å². The van der Waals surface area contributed by atoms with E-state index in [0.29, 0.717) is 18.7 Å². The van der Waals surface area contributed by atoms with Crippen LogP contribution < -0.4 is 0 Å². The molecule has 104 valence electrons. The molecule has 19 heavy (non-hydrogen) atoms. The van der Waals surface area contributed by atoms with E-state index in [1.54, 1.807) is 7.05 Å². The summed E-state index contributed by atoms with van der Waals surface area (Å²) in [5.74, 6) is -0.239. The highest BCUT2D eigenvalue weighted by molar-refractivity contribution is 6.21. The van der Waals surface area contributed by atoms with Gasteiger partial charge in [0.1, 0.15) is 0 Å². The number of nitro benzene ring substituents is 1. The highest BCUT2D eigenvalue weighted by atomic mass is 35.5. The molecule has 0 bridgehead atoms. The number of nitro groups is 1. The maximum Gasteiger partial charge on any atom is 0.269 e. The average molecular weight is 287 g/mol. The molecule has 1 amide bonds. The Balaban J connectivity index is 2.68. The molecular weight excluding hydrogens is 272 g/mol. The number of hydrogen-bond donors (Lipinski definition) is 0. The molecule has 0 aliphatic rings. The fourth-order valence-electron chi connectivity index (χ4n) is 1.56. The van der Waals surface area contributed by atoms with Gasteiger partial charge in [-0.2, -0.15) is 0 Å². The van der Waals surface area contributed by atoms with E-state index in [4.69, 9.17) is 16.3 Å². The third-order valence-electron chi connectivity index (χ3n) is 2.49. The zero-order valence-electron chi connectivity index (χ0n) is 10.7. The summed E-state index contributed by atoms with van der Waals surface area (Å²) in [7, 11) is 3.16. The van der Waals surface area contributed by atoms with E-state index in [1.165, 1.54) is 36.3 Å². The maximum absolute atomic E-state index is 12.0. The molecule has 0 saturated carbocycles. The van der Waals surface area contributed by atoms with Gasteiger partial charge < -0.3 is 9.64 Å². The van der Waals surface area contributed by atoms with Gasteiger partial charge >= 0.3 is 0 Å². The summed E-state index contributed by atoms with van der Waals surface area (Å²) in [5, 5.41) is 10.2. The zero-order chi connectivity index (χ0) is 14.4. The molecule has 0 radical (unpaired) electrons. The van der Waals surface area contributed by atoms with Crippen molar-refractivity contribution in [1.82, 2.24) is 4.90 Å². The van der Waals surface area contributed by atoms with Crippen LogP contribution in [0.5, 0.6) is 0 Å². The number of halogens is 1. The highest BCUT2D eigenvalue weighted by Crippen LogP contribution is 2.13. The van der Waals surface area contributed by atoms with Gasteiger partial charge in [-0.15, -0.1) is 11.6 Å². The lowest BCUT2D eigenvalue weighted by Crippen LogP contribution is -2.33. The Labute approximate surface area is 116 Å². The number of ether oxygens (including phenoxy) is 1. The fraction of sp³-hybridized carbons (Fsp3) is 0.417. The first-order valence-electron chi connectivity index (χ1n) is 5.58. The summed E-state index contributed by atoms with van der Waals surface area (Å²) in [6.45, 7) is 0.685. The summed E-state index contributed by atoms with van der Waals surface area (Å²) in [6.07, 6.45) is 0. The quantitative estimate of drug-likeness (QED) is 0.455. The standard InChI is InChI=1S/C12H15ClN2O4/c1-14(7-10(13)8-19-2)12(16)9-3-5-11(6-4-9)15(17)18/h3-6,10H,7-8H2,1-2H3. The second kappa shape index (κ2) is 7.06. The van der Waals surface area contributed by atoms with E-state index < -0.39 is 4.92 Å². The molecule has 6 nitrogen and oxygen atoms in total. The Morgan fingerprint density at radius 2 is 2.05 bits per heavy atom. The Kier molecular flexibility index (Phi) is 5.72. The van der Waals surface area contributed by atoms with Gasteiger partial charge in [0, 0.05) is 38.4 Å². The largest absolute Gasteiger partial charge is 0.383 e. The van der Waals surface area contributed by atoms with Crippen molar-refractivity contribution >= 4 is 23.2 Å². The minimum atomic E-state index is -0.509. The van der Waals surface area contributed by atoms with Gasteiger partial charge in [-0.1, -0.05) is 0 Å². The van der Waals surface area contributed by atoms with Gasteiger partial charge in [-0.3, -0.25) is 14.9 Å². The lowest BCUT2D eigenvalue weighted by Gasteiger charge is -2.20. The molecule has 7 heteroatoms. The number of hydrogen-bond acceptors (Lipinski definition) is 4. The minimum absolute atomic E-state index is 0.0474. The van der Waals surface area contributed by atoms with Crippen molar-refractivity contribution in [2.45, 2.75) is 5.38 Å². The van der Waals surface area contributed by atoms with Crippen LogP contribution in [-0.4, -0.2) is 48.4 Å². The number of carbonyl (C=O) groups excluding carboxylic acids is 1. The average Bonchev–Trinajstić information content (AvgIpc) is 2.38. The minimum Gasteiger partial charge on any atom is -0.383 e. The molecule has 0 aromatic heterocycles. The molecule has 0 heterocycles. The van der Waals surface area contributed by atoms with Crippen LogP contribution in [0, 0.1) is 10.1 Å². The van der Waals surface area contributed by atoms with Crippen molar-refractivity contribution in [3.63, 3.8) is 0 Å². The molecule has 1 aromatic rings. The second-order valence-corrected chi connectivity index (χ2v) is 4.66. The van der Waals surface area contributed by atoms with E-state index in [-0.39, 0.29) is 17.0 Å². The first-order valence-corrected chi connectivity index (χ1v) is 6.02. The number of non-ortho nitro benzene ring substituents is 1. The summed E-state index contributed by atoms with van der Waals surface area (Å²) in [6, 6.07) is 5.45. The van der Waals surface area contributed by atoms with Crippen LogP contribution in [0.1, 0.15) is 10.4 Å². The molecule has 1 atom stereocenters. The molecule has 1 aromatic carbocycles. The number of rotatable bonds is 6.